The van der Waals surface area contributed by atoms with Gasteiger partial charge >= 0.3 is 0 Å². The summed E-state index contributed by atoms with van der Waals surface area (Å²) >= 11 is 0. The molecule has 0 aromatic rings. The topological polar surface area (TPSA) is 23.5 Å². The fourth-order valence-electron chi connectivity index (χ4n) is 2.13. The Balaban J connectivity index is 2.21. The maximum atomic E-state index is 9.92. The Morgan fingerprint density at radius 2 is 2.00 bits per heavy atom. The van der Waals surface area contributed by atoms with Gasteiger partial charge in [0.05, 0.1) is 5.60 Å². The van der Waals surface area contributed by atoms with E-state index in [1.54, 1.807) is 0 Å². The van der Waals surface area contributed by atoms with Crippen molar-refractivity contribution in [3.05, 3.63) is 0 Å². The van der Waals surface area contributed by atoms with Gasteiger partial charge in [-0.05, 0) is 45.7 Å². The molecular formula is C12H25NO. The van der Waals surface area contributed by atoms with Gasteiger partial charge in [0.25, 0.3) is 0 Å². The van der Waals surface area contributed by atoms with Crippen molar-refractivity contribution in [2.24, 2.45) is 0 Å². The number of likely N-dealkylation sites (tertiary alicyclic amines) is 1. The van der Waals surface area contributed by atoms with E-state index in [1.165, 1.54) is 32.4 Å². The van der Waals surface area contributed by atoms with Gasteiger partial charge in [-0.15, -0.1) is 0 Å². The van der Waals surface area contributed by atoms with Crippen LogP contribution >= 0.6 is 0 Å². The summed E-state index contributed by atoms with van der Waals surface area (Å²) in [6, 6.07) is 0. The molecule has 1 aliphatic heterocycles. The van der Waals surface area contributed by atoms with Crippen LogP contribution in [0.5, 0.6) is 0 Å². The summed E-state index contributed by atoms with van der Waals surface area (Å²) in [5.41, 5.74) is -0.403. The molecule has 1 unspecified atom stereocenters. The van der Waals surface area contributed by atoms with Gasteiger partial charge < -0.3 is 10.0 Å². The highest BCUT2D eigenvalue weighted by Gasteiger charge is 2.24. The first kappa shape index (κ1) is 12.0. The van der Waals surface area contributed by atoms with E-state index in [1.807, 2.05) is 6.92 Å². The molecule has 2 nitrogen and oxygen atoms in total. The van der Waals surface area contributed by atoms with Gasteiger partial charge in [0.2, 0.25) is 0 Å². The average molecular weight is 199 g/mol. The molecule has 1 aliphatic rings. The van der Waals surface area contributed by atoms with Crippen molar-refractivity contribution < 1.29 is 5.11 Å². The first-order valence-electron chi connectivity index (χ1n) is 6.09. The molecule has 1 fully saturated rings. The summed E-state index contributed by atoms with van der Waals surface area (Å²) in [4.78, 5) is 2.51. The molecule has 0 aromatic carbocycles. The van der Waals surface area contributed by atoms with E-state index >= 15 is 0 Å². The molecule has 0 spiro atoms. The number of hydrogen-bond acceptors (Lipinski definition) is 2. The molecule has 84 valence electrons. The minimum atomic E-state index is -0.403. The summed E-state index contributed by atoms with van der Waals surface area (Å²) in [6.07, 6.45) is 7.02. The largest absolute Gasteiger partial charge is 0.390 e. The maximum absolute atomic E-state index is 9.92. The molecule has 0 radical (unpaired) electrons. The molecule has 1 saturated heterocycles. The Bertz CT molecular complexity index is 156. The monoisotopic (exact) mass is 199 g/mol. The molecule has 0 aromatic heterocycles. The molecule has 1 N–H and O–H groups in total. The molecular weight excluding hydrogens is 174 g/mol. The number of aliphatic hydroxyl groups is 1. The maximum Gasteiger partial charge on any atom is 0.0632 e. The summed E-state index contributed by atoms with van der Waals surface area (Å²) in [5.74, 6) is 0. The van der Waals surface area contributed by atoms with Crippen LogP contribution in [-0.4, -0.2) is 35.2 Å². The lowest BCUT2D eigenvalue weighted by Crippen LogP contribution is -2.29. The summed E-state index contributed by atoms with van der Waals surface area (Å²) in [5, 5.41) is 9.92. The highest BCUT2D eigenvalue weighted by molar-refractivity contribution is 4.78. The van der Waals surface area contributed by atoms with Crippen molar-refractivity contribution in [3.8, 4) is 0 Å². The van der Waals surface area contributed by atoms with Gasteiger partial charge in [0.1, 0.15) is 0 Å². The van der Waals surface area contributed by atoms with Crippen LogP contribution in [-0.2, 0) is 0 Å². The van der Waals surface area contributed by atoms with Crippen molar-refractivity contribution in [2.75, 3.05) is 19.6 Å². The minimum absolute atomic E-state index is 0.403. The van der Waals surface area contributed by atoms with Gasteiger partial charge in [0, 0.05) is 6.54 Å². The van der Waals surface area contributed by atoms with E-state index in [2.05, 4.69) is 11.8 Å². The third kappa shape index (κ3) is 4.43. The van der Waals surface area contributed by atoms with Crippen molar-refractivity contribution in [2.45, 2.75) is 58.0 Å². The quantitative estimate of drug-likeness (QED) is 0.703. The zero-order valence-corrected chi connectivity index (χ0v) is 9.76. The fraction of sp³-hybridized carbons (Fsp3) is 1.00. The minimum Gasteiger partial charge on any atom is -0.390 e. The van der Waals surface area contributed by atoms with Crippen molar-refractivity contribution >= 4 is 0 Å². The van der Waals surface area contributed by atoms with Crippen LogP contribution in [0.25, 0.3) is 0 Å². The van der Waals surface area contributed by atoms with Gasteiger partial charge in [-0.1, -0.05) is 19.8 Å². The third-order valence-corrected chi connectivity index (χ3v) is 3.23. The molecule has 2 heteroatoms. The molecule has 0 saturated carbocycles. The average Bonchev–Trinajstić information content (AvgIpc) is 2.28. The SMILES string of the molecule is CCCCCN1CCCC(C)(O)CC1. The highest BCUT2D eigenvalue weighted by Crippen LogP contribution is 2.21. The van der Waals surface area contributed by atoms with Gasteiger partial charge in [-0.2, -0.15) is 0 Å². The highest BCUT2D eigenvalue weighted by atomic mass is 16.3. The van der Waals surface area contributed by atoms with Crippen molar-refractivity contribution in [1.29, 1.82) is 0 Å². The van der Waals surface area contributed by atoms with Gasteiger partial charge in [-0.25, -0.2) is 0 Å². The second-order valence-corrected chi connectivity index (χ2v) is 4.90. The first-order valence-corrected chi connectivity index (χ1v) is 6.09. The van der Waals surface area contributed by atoms with Gasteiger partial charge in [0.15, 0.2) is 0 Å². The van der Waals surface area contributed by atoms with Gasteiger partial charge in [-0.3, -0.25) is 0 Å². The summed E-state index contributed by atoms with van der Waals surface area (Å²) in [7, 11) is 0. The summed E-state index contributed by atoms with van der Waals surface area (Å²) in [6.45, 7) is 7.70. The summed E-state index contributed by atoms with van der Waals surface area (Å²) < 4.78 is 0. The van der Waals surface area contributed by atoms with Crippen LogP contribution in [0.15, 0.2) is 0 Å². The van der Waals surface area contributed by atoms with Crippen LogP contribution in [0.2, 0.25) is 0 Å². The lowest BCUT2D eigenvalue weighted by atomic mass is 9.98. The molecule has 1 rings (SSSR count). The van der Waals surface area contributed by atoms with Crippen molar-refractivity contribution in [3.63, 3.8) is 0 Å². The second-order valence-electron chi connectivity index (χ2n) is 4.90. The molecule has 0 bridgehead atoms. The fourth-order valence-corrected chi connectivity index (χ4v) is 2.13. The standard InChI is InChI=1S/C12H25NO/c1-3-4-5-9-13-10-6-7-12(2,14)8-11-13/h14H,3-11H2,1-2H3. The lowest BCUT2D eigenvalue weighted by molar-refractivity contribution is 0.0446. The predicted molar refractivity (Wildman–Crippen MR) is 60.4 cm³/mol. The van der Waals surface area contributed by atoms with Crippen LogP contribution in [0.4, 0.5) is 0 Å². The lowest BCUT2D eigenvalue weighted by Gasteiger charge is -2.22. The normalized spacial score (nSPS) is 30.2. The Morgan fingerprint density at radius 1 is 1.21 bits per heavy atom. The van der Waals surface area contributed by atoms with Crippen LogP contribution in [0.3, 0.4) is 0 Å². The Kier molecular flexibility index (Phi) is 4.90. The number of nitrogens with zero attached hydrogens (tertiary/aromatic N) is 1. The Labute approximate surface area is 88.3 Å². The van der Waals surface area contributed by atoms with E-state index in [-0.39, 0.29) is 0 Å². The van der Waals surface area contributed by atoms with Crippen LogP contribution in [0, 0.1) is 0 Å². The smallest absolute Gasteiger partial charge is 0.0632 e. The number of hydrogen-bond donors (Lipinski definition) is 1. The Morgan fingerprint density at radius 3 is 2.71 bits per heavy atom. The number of rotatable bonds is 4. The molecule has 0 amide bonds. The van der Waals surface area contributed by atoms with E-state index in [0.29, 0.717) is 0 Å². The predicted octanol–water partition coefficient (Wildman–Crippen LogP) is 2.41. The zero-order valence-electron chi connectivity index (χ0n) is 9.76. The third-order valence-electron chi connectivity index (χ3n) is 3.23. The van der Waals surface area contributed by atoms with Crippen LogP contribution in [0.1, 0.15) is 52.4 Å². The van der Waals surface area contributed by atoms with Crippen LogP contribution < -0.4 is 0 Å². The molecule has 14 heavy (non-hydrogen) atoms. The molecule has 1 heterocycles. The second kappa shape index (κ2) is 5.72. The van der Waals surface area contributed by atoms with E-state index < -0.39 is 5.60 Å². The number of unbranched alkanes of at least 4 members (excludes halogenated alkanes) is 2. The van der Waals surface area contributed by atoms with E-state index in [9.17, 15) is 5.11 Å². The van der Waals surface area contributed by atoms with Crippen molar-refractivity contribution in [1.82, 2.24) is 4.90 Å². The molecule has 0 aliphatic carbocycles. The molecule has 1 atom stereocenters. The van der Waals surface area contributed by atoms with E-state index in [0.717, 1.165) is 25.8 Å². The first-order chi connectivity index (χ1) is 6.64. The van der Waals surface area contributed by atoms with E-state index in [4.69, 9.17) is 0 Å². The Hall–Kier alpha value is -0.0800. The zero-order chi connectivity index (χ0) is 10.4.